The Balaban J connectivity index is 0.00000364. The van der Waals surface area contributed by atoms with E-state index in [1.54, 1.807) is 0 Å². The molecule has 156 valence electrons. The van der Waals surface area contributed by atoms with Crippen molar-refractivity contribution < 1.29 is 0 Å². The van der Waals surface area contributed by atoms with Gasteiger partial charge in [-0.05, 0) is 58.2 Å². The zero-order chi connectivity index (χ0) is 18.9. The Kier molecular flexibility index (Phi) is 11.3. The van der Waals surface area contributed by atoms with Gasteiger partial charge in [-0.25, -0.2) is 0 Å². The van der Waals surface area contributed by atoms with Crippen molar-refractivity contribution in [1.82, 2.24) is 24.9 Å². The van der Waals surface area contributed by atoms with Gasteiger partial charge >= 0.3 is 0 Å². The minimum Gasteiger partial charge on any atom is -0.357 e. The van der Waals surface area contributed by atoms with E-state index in [9.17, 15) is 0 Å². The number of hydrogen-bond donors (Lipinski definition) is 1. The summed E-state index contributed by atoms with van der Waals surface area (Å²) in [7, 11) is 4.11. The monoisotopic (exact) mass is 490 g/mol. The maximum atomic E-state index is 4.84. The van der Waals surface area contributed by atoms with E-state index in [0.29, 0.717) is 5.92 Å². The van der Waals surface area contributed by atoms with E-state index < -0.39 is 0 Å². The van der Waals surface area contributed by atoms with Crippen LogP contribution in [0.5, 0.6) is 0 Å². The second-order valence-corrected chi connectivity index (χ2v) is 7.72. The van der Waals surface area contributed by atoms with Crippen LogP contribution in [0.25, 0.3) is 0 Å². The molecular weight excluding hydrogens is 451 g/mol. The molecule has 1 aromatic heterocycles. The molecule has 1 aliphatic rings. The zero-order valence-corrected chi connectivity index (χ0v) is 20.2. The number of unbranched alkanes of at least 4 members (excludes halogenated alkanes) is 1. The Hall–Kier alpha value is -0.830. The number of rotatable bonds is 9. The van der Waals surface area contributed by atoms with Gasteiger partial charge in [0.1, 0.15) is 0 Å². The lowest BCUT2D eigenvalue weighted by atomic mass is 10.1. The standard InChI is InChI=1S/C20H38N6.HI/c1-6-21-20(22-11-7-8-12-26-13-9-10-14-26)24(4)15-18-16-25(5)23-19(18)17(2)3;/h16-17H,6-15H2,1-5H3,(H,21,22);1H. The number of hydrogen-bond acceptors (Lipinski definition) is 3. The SMILES string of the molecule is CCNC(=NCCCCN1CCCC1)N(C)Cc1cn(C)nc1C(C)C.I. The average Bonchev–Trinajstić information content (AvgIpc) is 3.23. The number of nitrogens with zero attached hydrogens (tertiary/aromatic N) is 5. The molecule has 0 amide bonds. The van der Waals surface area contributed by atoms with Crippen LogP contribution in [0.3, 0.4) is 0 Å². The first-order valence-corrected chi connectivity index (χ1v) is 10.3. The van der Waals surface area contributed by atoms with E-state index in [2.05, 4.69) is 54.2 Å². The average molecular weight is 490 g/mol. The number of halogens is 1. The highest BCUT2D eigenvalue weighted by atomic mass is 127. The lowest BCUT2D eigenvalue weighted by Crippen LogP contribution is -2.38. The third-order valence-electron chi connectivity index (χ3n) is 4.93. The molecule has 27 heavy (non-hydrogen) atoms. The van der Waals surface area contributed by atoms with Crippen LogP contribution in [-0.2, 0) is 13.6 Å². The summed E-state index contributed by atoms with van der Waals surface area (Å²) < 4.78 is 1.92. The van der Waals surface area contributed by atoms with Crippen molar-refractivity contribution in [2.75, 3.05) is 39.8 Å². The number of nitrogens with one attached hydrogen (secondary N) is 1. The molecular formula is C20H39IN6. The highest BCUT2D eigenvalue weighted by Crippen LogP contribution is 2.18. The largest absolute Gasteiger partial charge is 0.357 e. The number of aromatic nitrogens is 2. The van der Waals surface area contributed by atoms with E-state index in [0.717, 1.165) is 32.0 Å². The summed E-state index contributed by atoms with van der Waals surface area (Å²) in [6.45, 7) is 13.0. The maximum absolute atomic E-state index is 4.84. The van der Waals surface area contributed by atoms with E-state index >= 15 is 0 Å². The first-order chi connectivity index (χ1) is 12.5. The van der Waals surface area contributed by atoms with E-state index in [1.165, 1.54) is 50.2 Å². The molecule has 7 heteroatoms. The molecule has 2 heterocycles. The van der Waals surface area contributed by atoms with Crippen molar-refractivity contribution in [3.05, 3.63) is 17.5 Å². The van der Waals surface area contributed by atoms with Crippen LogP contribution in [0.15, 0.2) is 11.2 Å². The van der Waals surface area contributed by atoms with Crippen LogP contribution < -0.4 is 5.32 Å². The molecule has 0 radical (unpaired) electrons. The fourth-order valence-electron chi connectivity index (χ4n) is 3.60. The van der Waals surface area contributed by atoms with Crippen molar-refractivity contribution in [3.63, 3.8) is 0 Å². The van der Waals surface area contributed by atoms with E-state index in [-0.39, 0.29) is 24.0 Å². The molecule has 1 aliphatic heterocycles. The third-order valence-corrected chi connectivity index (χ3v) is 4.93. The minimum atomic E-state index is 0. The van der Waals surface area contributed by atoms with Gasteiger partial charge in [0.05, 0.1) is 5.69 Å². The Morgan fingerprint density at radius 3 is 2.63 bits per heavy atom. The predicted molar refractivity (Wildman–Crippen MR) is 125 cm³/mol. The normalized spacial score (nSPS) is 15.3. The van der Waals surface area contributed by atoms with E-state index in [1.807, 2.05) is 11.7 Å². The number of likely N-dealkylation sites (tertiary alicyclic amines) is 1. The molecule has 0 aliphatic carbocycles. The van der Waals surface area contributed by atoms with Gasteiger partial charge in [-0.15, -0.1) is 24.0 Å². The lowest BCUT2D eigenvalue weighted by Gasteiger charge is -2.22. The van der Waals surface area contributed by atoms with Gasteiger partial charge in [0, 0.05) is 45.5 Å². The Morgan fingerprint density at radius 1 is 1.30 bits per heavy atom. The number of aryl methyl sites for hydroxylation is 1. The molecule has 0 atom stereocenters. The molecule has 0 bridgehead atoms. The summed E-state index contributed by atoms with van der Waals surface area (Å²) in [4.78, 5) is 9.64. The quantitative estimate of drug-likeness (QED) is 0.250. The van der Waals surface area contributed by atoms with Crippen LogP contribution in [0.1, 0.15) is 63.6 Å². The minimum absolute atomic E-state index is 0. The molecule has 1 aromatic rings. The summed E-state index contributed by atoms with van der Waals surface area (Å²) in [5.74, 6) is 1.43. The van der Waals surface area contributed by atoms with Crippen LogP contribution in [0.2, 0.25) is 0 Å². The highest BCUT2D eigenvalue weighted by Gasteiger charge is 2.15. The molecule has 1 fully saturated rings. The molecule has 2 rings (SSSR count). The van der Waals surface area contributed by atoms with Gasteiger partial charge in [-0.3, -0.25) is 9.67 Å². The second-order valence-electron chi connectivity index (χ2n) is 7.72. The predicted octanol–water partition coefficient (Wildman–Crippen LogP) is 3.43. The van der Waals surface area contributed by atoms with Crippen LogP contribution >= 0.6 is 24.0 Å². The first kappa shape index (κ1) is 24.2. The van der Waals surface area contributed by atoms with Gasteiger partial charge in [0.15, 0.2) is 5.96 Å². The van der Waals surface area contributed by atoms with Gasteiger partial charge in [-0.2, -0.15) is 5.10 Å². The molecule has 1 saturated heterocycles. The van der Waals surface area contributed by atoms with Gasteiger partial charge < -0.3 is 15.1 Å². The van der Waals surface area contributed by atoms with Gasteiger partial charge in [0.25, 0.3) is 0 Å². The van der Waals surface area contributed by atoms with Crippen LogP contribution in [0, 0.1) is 0 Å². The zero-order valence-electron chi connectivity index (χ0n) is 17.9. The second kappa shape index (κ2) is 12.6. The van der Waals surface area contributed by atoms with Crippen molar-refractivity contribution in [2.24, 2.45) is 12.0 Å². The Labute approximate surface area is 182 Å². The van der Waals surface area contributed by atoms with Gasteiger partial charge in [-0.1, -0.05) is 13.8 Å². The summed E-state index contributed by atoms with van der Waals surface area (Å²) in [5, 5.41) is 8.05. The fraction of sp³-hybridized carbons (Fsp3) is 0.800. The summed E-state index contributed by atoms with van der Waals surface area (Å²) in [6.07, 6.45) is 7.28. The van der Waals surface area contributed by atoms with Crippen LogP contribution in [-0.4, -0.2) is 65.3 Å². The first-order valence-electron chi connectivity index (χ1n) is 10.3. The molecule has 0 spiro atoms. The van der Waals surface area contributed by atoms with E-state index in [4.69, 9.17) is 4.99 Å². The topological polar surface area (TPSA) is 48.7 Å². The third kappa shape index (κ3) is 7.97. The van der Waals surface area contributed by atoms with Gasteiger partial charge in [0.2, 0.25) is 0 Å². The molecule has 0 saturated carbocycles. The molecule has 1 N–H and O–H groups in total. The van der Waals surface area contributed by atoms with Crippen molar-refractivity contribution >= 4 is 29.9 Å². The lowest BCUT2D eigenvalue weighted by molar-refractivity contribution is 0.331. The van der Waals surface area contributed by atoms with Crippen molar-refractivity contribution in [3.8, 4) is 0 Å². The summed E-state index contributed by atoms with van der Waals surface area (Å²) in [6, 6.07) is 0. The highest BCUT2D eigenvalue weighted by molar-refractivity contribution is 14.0. The van der Waals surface area contributed by atoms with Crippen LogP contribution in [0.4, 0.5) is 0 Å². The molecule has 0 aromatic carbocycles. The summed E-state index contributed by atoms with van der Waals surface area (Å²) >= 11 is 0. The number of aliphatic imine (C=N–C) groups is 1. The molecule has 0 unspecified atom stereocenters. The van der Waals surface area contributed by atoms with Crippen molar-refractivity contribution in [2.45, 2.75) is 58.9 Å². The smallest absolute Gasteiger partial charge is 0.193 e. The number of guanidine groups is 1. The maximum Gasteiger partial charge on any atom is 0.193 e. The van der Waals surface area contributed by atoms with Crippen molar-refractivity contribution in [1.29, 1.82) is 0 Å². The molecule has 6 nitrogen and oxygen atoms in total. The summed E-state index contributed by atoms with van der Waals surface area (Å²) in [5.41, 5.74) is 2.46. The fourth-order valence-corrected chi connectivity index (χ4v) is 3.60. The Morgan fingerprint density at radius 2 is 2.00 bits per heavy atom. The Bertz CT molecular complexity index is 563.